The van der Waals surface area contributed by atoms with Crippen molar-refractivity contribution < 1.29 is 18.8 Å². The molecule has 0 aromatic rings. The molecule has 0 aliphatic heterocycles. The van der Waals surface area contributed by atoms with Crippen LogP contribution in [0, 0.1) is 30.5 Å². The SMILES string of the molecule is C#COP(=O)(OC#C)C(N(O)C(C)(C)C)C(C)(C)C. The summed E-state index contributed by atoms with van der Waals surface area (Å²) in [6.45, 7) is 10.6. The van der Waals surface area contributed by atoms with Crippen LogP contribution in [0.15, 0.2) is 0 Å². The Hall–Kier alpha value is -1.13. The number of nitrogens with zero attached hydrogens (tertiary/aromatic N) is 1. The van der Waals surface area contributed by atoms with Gasteiger partial charge < -0.3 is 14.3 Å². The molecule has 0 saturated carbocycles. The lowest BCUT2D eigenvalue weighted by molar-refractivity contribution is -0.189. The molecule has 6 heteroatoms. The quantitative estimate of drug-likeness (QED) is 0.488. The van der Waals surface area contributed by atoms with Crippen molar-refractivity contribution in [2.24, 2.45) is 5.41 Å². The molecule has 108 valence electrons. The Kier molecular flexibility index (Phi) is 5.53. The van der Waals surface area contributed by atoms with Crippen molar-refractivity contribution in [2.75, 3.05) is 0 Å². The second kappa shape index (κ2) is 5.88. The van der Waals surface area contributed by atoms with E-state index in [4.69, 9.17) is 21.9 Å². The Balaban J connectivity index is 5.81. The minimum atomic E-state index is -3.90. The van der Waals surface area contributed by atoms with E-state index in [0.29, 0.717) is 0 Å². The molecule has 0 bridgehead atoms. The number of hydrogen-bond acceptors (Lipinski definition) is 5. The van der Waals surface area contributed by atoms with Crippen LogP contribution in [0.3, 0.4) is 0 Å². The molecule has 0 rings (SSSR count). The van der Waals surface area contributed by atoms with Crippen LogP contribution in [-0.2, 0) is 13.6 Å². The predicted octanol–water partition coefficient (Wildman–Crippen LogP) is 3.26. The van der Waals surface area contributed by atoms with E-state index in [1.165, 1.54) is 0 Å². The Morgan fingerprint density at radius 1 is 1.11 bits per heavy atom. The van der Waals surface area contributed by atoms with E-state index in [-0.39, 0.29) is 0 Å². The van der Waals surface area contributed by atoms with Crippen LogP contribution in [0.1, 0.15) is 41.5 Å². The van der Waals surface area contributed by atoms with Crippen LogP contribution in [0.4, 0.5) is 0 Å². The van der Waals surface area contributed by atoms with Crippen molar-refractivity contribution in [2.45, 2.75) is 52.9 Å². The number of rotatable bonds is 4. The van der Waals surface area contributed by atoms with Gasteiger partial charge in [-0.15, -0.1) is 0 Å². The summed E-state index contributed by atoms with van der Waals surface area (Å²) in [6, 6.07) is 0. The fourth-order valence-electron chi connectivity index (χ4n) is 1.61. The number of hydroxylamine groups is 2. The maximum Gasteiger partial charge on any atom is 0.467 e. The van der Waals surface area contributed by atoms with E-state index in [9.17, 15) is 9.77 Å². The lowest BCUT2D eigenvalue weighted by Crippen LogP contribution is -2.51. The summed E-state index contributed by atoms with van der Waals surface area (Å²) in [4.78, 5) is 0. The first-order chi connectivity index (χ1) is 8.40. The summed E-state index contributed by atoms with van der Waals surface area (Å²) >= 11 is 0. The number of hydrogen-bond donors (Lipinski definition) is 1. The van der Waals surface area contributed by atoms with Crippen LogP contribution in [0.25, 0.3) is 0 Å². The molecule has 19 heavy (non-hydrogen) atoms. The first-order valence-electron chi connectivity index (χ1n) is 5.76. The molecule has 5 nitrogen and oxygen atoms in total. The third kappa shape index (κ3) is 4.48. The van der Waals surface area contributed by atoms with E-state index in [1.807, 2.05) is 12.2 Å². The summed E-state index contributed by atoms with van der Waals surface area (Å²) in [7, 11) is -3.90. The Bertz CT molecular complexity index is 414. The van der Waals surface area contributed by atoms with Gasteiger partial charge in [-0.25, -0.2) is 4.57 Å². The average molecular weight is 287 g/mol. The molecule has 0 aliphatic rings. The standard InChI is InChI=1S/C13H22NO4P/c1-9-17-19(16,18-10-2)11(12(3,4)5)14(15)13(6,7)8/h1-2,11,15H,3-8H3. The van der Waals surface area contributed by atoms with E-state index < -0.39 is 24.3 Å². The lowest BCUT2D eigenvalue weighted by Gasteiger charge is -2.43. The van der Waals surface area contributed by atoms with Crippen LogP contribution < -0.4 is 0 Å². The predicted molar refractivity (Wildman–Crippen MR) is 74.1 cm³/mol. The Labute approximate surface area is 115 Å². The maximum atomic E-state index is 12.7. The first-order valence-corrected chi connectivity index (χ1v) is 7.37. The number of terminal acetylenes is 2. The van der Waals surface area contributed by atoms with Gasteiger partial charge in [-0.05, 0) is 26.2 Å². The molecular weight excluding hydrogens is 265 g/mol. The van der Waals surface area contributed by atoms with Gasteiger partial charge in [-0.2, -0.15) is 5.06 Å². The van der Waals surface area contributed by atoms with Crippen molar-refractivity contribution in [3.05, 3.63) is 0 Å². The fourth-order valence-corrected chi connectivity index (χ4v) is 3.70. The van der Waals surface area contributed by atoms with Crippen LogP contribution in [0.5, 0.6) is 0 Å². The molecule has 0 amide bonds. The molecule has 0 radical (unpaired) electrons. The van der Waals surface area contributed by atoms with Gasteiger partial charge in [-0.1, -0.05) is 33.6 Å². The Morgan fingerprint density at radius 2 is 1.47 bits per heavy atom. The third-order valence-corrected chi connectivity index (χ3v) is 4.67. The summed E-state index contributed by atoms with van der Waals surface area (Å²) in [5.74, 6) is -1.01. The first kappa shape index (κ1) is 17.9. The Morgan fingerprint density at radius 3 is 1.68 bits per heavy atom. The minimum absolute atomic E-state index is 0.648. The van der Waals surface area contributed by atoms with Gasteiger partial charge in [0.25, 0.3) is 0 Å². The molecule has 1 N–H and O–H groups in total. The molecule has 0 aromatic carbocycles. The molecule has 0 aliphatic carbocycles. The van der Waals surface area contributed by atoms with Crippen molar-refractivity contribution in [1.29, 1.82) is 0 Å². The van der Waals surface area contributed by atoms with Gasteiger partial charge in [0, 0.05) is 5.54 Å². The van der Waals surface area contributed by atoms with Gasteiger partial charge in [0.2, 0.25) is 0 Å². The van der Waals surface area contributed by atoms with Crippen LogP contribution in [-0.4, -0.2) is 21.6 Å². The molecule has 1 atom stereocenters. The molecule has 0 aromatic heterocycles. The zero-order valence-electron chi connectivity index (χ0n) is 12.3. The van der Waals surface area contributed by atoms with E-state index in [1.54, 1.807) is 41.5 Å². The van der Waals surface area contributed by atoms with Crippen LogP contribution in [0.2, 0.25) is 0 Å². The normalized spacial score (nSPS) is 14.4. The average Bonchev–Trinajstić information content (AvgIpc) is 2.13. The minimum Gasteiger partial charge on any atom is -0.361 e. The highest BCUT2D eigenvalue weighted by atomic mass is 31.2. The van der Waals surface area contributed by atoms with E-state index in [0.717, 1.165) is 5.06 Å². The topological polar surface area (TPSA) is 59.0 Å². The lowest BCUT2D eigenvalue weighted by atomic mass is 9.94. The molecule has 0 saturated heterocycles. The molecule has 0 spiro atoms. The summed E-state index contributed by atoms with van der Waals surface area (Å²) in [6.07, 6.45) is 13.7. The van der Waals surface area contributed by atoms with Gasteiger partial charge in [0.1, 0.15) is 12.2 Å². The van der Waals surface area contributed by atoms with Gasteiger partial charge >= 0.3 is 7.60 Å². The zero-order valence-corrected chi connectivity index (χ0v) is 13.2. The maximum absolute atomic E-state index is 12.7. The second-order valence-corrected chi connectivity index (χ2v) is 8.15. The largest absolute Gasteiger partial charge is 0.467 e. The van der Waals surface area contributed by atoms with Crippen molar-refractivity contribution in [3.8, 4) is 25.1 Å². The van der Waals surface area contributed by atoms with Gasteiger partial charge in [0.15, 0.2) is 5.78 Å². The van der Waals surface area contributed by atoms with Crippen molar-refractivity contribution in [1.82, 2.24) is 5.06 Å². The van der Waals surface area contributed by atoms with Crippen molar-refractivity contribution in [3.63, 3.8) is 0 Å². The molecular formula is C13H22NO4P. The van der Waals surface area contributed by atoms with Gasteiger partial charge in [0.05, 0.1) is 0 Å². The molecule has 0 heterocycles. The highest BCUT2D eigenvalue weighted by Gasteiger charge is 2.52. The molecule has 0 fully saturated rings. The second-order valence-electron chi connectivity index (χ2n) is 6.21. The summed E-state index contributed by atoms with van der Waals surface area (Å²) < 4.78 is 22.3. The zero-order chi connectivity index (χ0) is 15.5. The van der Waals surface area contributed by atoms with E-state index in [2.05, 4.69) is 0 Å². The summed E-state index contributed by atoms with van der Waals surface area (Å²) in [5.41, 5.74) is -1.34. The van der Waals surface area contributed by atoms with Gasteiger partial charge in [-0.3, -0.25) is 0 Å². The third-order valence-electron chi connectivity index (χ3n) is 2.35. The fraction of sp³-hybridized carbons (Fsp3) is 0.692. The van der Waals surface area contributed by atoms with Crippen molar-refractivity contribution >= 4 is 7.60 Å². The molecule has 1 unspecified atom stereocenters. The van der Waals surface area contributed by atoms with Crippen LogP contribution >= 0.6 is 7.60 Å². The monoisotopic (exact) mass is 287 g/mol. The highest BCUT2D eigenvalue weighted by molar-refractivity contribution is 7.54. The smallest absolute Gasteiger partial charge is 0.361 e. The summed E-state index contributed by atoms with van der Waals surface area (Å²) in [5, 5.41) is 11.3. The highest BCUT2D eigenvalue weighted by Crippen LogP contribution is 2.59. The van der Waals surface area contributed by atoms with E-state index >= 15 is 0 Å².